The lowest BCUT2D eigenvalue weighted by Crippen LogP contribution is -2.47. The van der Waals surface area contributed by atoms with E-state index < -0.39 is 5.97 Å². The Kier molecular flexibility index (Phi) is 5.95. The van der Waals surface area contributed by atoms with Crippen molar-refractivity contribution in [1.82, 2.24) is 10.2 Å². The molecule has 1 fully saturated rings. The molecule has 18 heavy (non-hydrogen) atoms. The molecule has 1 aliphatic rings. The predicted octanol–water partition coefficient (Wildman–Crippen LogP) is 2.07. The van der Waals surface area contributed by atoms with Gasteiger partial charge in [-0.1, -0.05) is 6.92 Å². The van der Waals surface area contributed by atoms with Gasteiger partial charge in [-0.2, -0.15) is 0 Å². The number of piperidine rings is 1. The van der Waals surface area contributed by atoms with Crippen molar-refractivity contribution in [1.29, 1.82) is 0 Å². The molecular weight excluding hydrogens is 232 g/mol. The van der Waals surface area contributed by atoms with Crippen molar-refractivity contribution < 1.29 is 14.7 Å². The maximum Gasteiger partial charge on any atom is 0.317 e. The number of carbonyl (C=O) groups excluding carboxylic acids is 1. The van der Waals surface area contributed by atoms with E-state index in [0.717, 1.165) is 25.9 Å². The van der Waals surface area contributed by atoms with Crippen molar-refractivity contribution in [3.05, 3.63) is 0 Å². The first-order valence-corrected chi connectivity index (χ1v) is 6.76. The fraction of sp³-hybridized carbons (Fsp3) is 0.846. The lowest BCUT2D eigenvalue weighted by Gasteiger charge is -2.31. The van der Waals surface area contributed by atoms with E-state index in [1.807, 2.05) is 11.8 Å². The van der Waals surface area contributed by atoms with Gasteiger partial charge in [-0.15, -0.1) is 0 Å². The van der Waals surface area contributed by atoms with Gasteiger partial charge in [0, 0.05) is 25.6 Å². The third kappa shape index (κ3) is 5.38. The summed E-state index contributed by atoms with van der Waals surface area (Å²) in [7, 11) is 0. The second-order valence-electron chi connectivity index (χ2n) is 5.31. The molecule has 0 aromatic carbocycles. The summed E-state index contributed by atoms with van der Waals surface area (Å²) in [6.07, 6.45) is 3.62. The Morgan fingerprint density at radius 1 is 1.39 bits per heavy atom. The zero-order valence-corrected chi connectivity index (χ0v) is 11.3. The molecule has 0 aliphatic carbocycles. The second-order valence-corrected chi connectivity index (χ2v) is 5.31. The average Bonchev–Trinajstić information content (AvgIpc) is 2.29. The Balaban J connectivity index is 2.20. The third-order valence-electron chi connectivity index (χ3n) is 3.47. The molecule has 0 spiro atoms. The standard InChI is InChI=1S/C13H24N2O3/c1-10-6-8-15(9-7-10)13(18)14-11(2)4-3-5-12(16)17/h10-11H,3-9H2,1-2H3,(H,14,18)(H,16,17). The molecule has 1 atom stereocenters. The number of carboxylic acid groups (broad SMARTS) is 1. The van der Waals surface area contributed by atoms with E-state index in [0.29, 0.717) is 18.8 Å². The molecule has 1 saturated heterocycles. The smallest absolute Gasteiger partial charge is 0.317 e. The number of amides is 2. The fourth-order valence-electron chi connectivity index (χ4n) is 2.15. The topological polar surface area (TPSA) is 69.6 Å². The zero-order chi connectivity index (χ0) is 13.5. The van der Waals surface area contributed by atoms with Crippen LogP contribution in [0.4, 0.5) is 4.79 Å². The minimum atomic E-state index is -0.779. The molecule has 1 unspecified atom stereocenters. The molecule has 0 aromatic heterocycles. The monoisotopic (exact) mass is 256 g/mol. The Bertz CT molecular complexity index is 286. The summed E-state index contributed by atoms with van der Waals surface area (Å²) in [5.41, 5.74) is 0. The van der Waals surface area contributed by atoms with Crippen molar-refractivity contribution in [2.75, 3.05) is 13.1 Å². The van der Waals surface area contributed by atoms with E-state index in [1.165, 1.54) is 0 Å². The quantitative estimate of drug-likeness (QED) is 0.791. The molecule has 0 saturated carbocycles. The molecule has 0 bridgehead atoms. The molecular formula is C13H24N2O3. The van der Waals surface area contributed by atoms with Gasteiger partial charge in [0.15, 0.2) is 0 Å². The molecule has 0 radical (unpaired) electrons. The van der Waals surface area contributed by atoms with Gasteiger partial charge in [0.2, 0.25) is 0 Å². The summed E-state index contributed by atoms with van der Waals surface area (Å²) in [6.45, 7) is 5.79. The number of rotatable bonds is 5. The van der Waals surface area contributed by atoms with Crippen LogP contribution < -0.4 is 5.32 Å². The summed E-state index contributed by atoms with van der Waals surface area (Å²) in [5, 5.41) is 11.5. The van der Waals surface area contributed by atoms with Crippen LogP contribution in [0, 0.1) is 5.92 Å². The number of likely N-dealkylation sites (tertiary alicyclic amines) is 1. The Morgan fingerprint density at radius 2 is 2.00 bits per heavy atom. The van der Waals surface area contributed by atoms with Gasteiger partial charge in [-0.05, 0) is 38.5 Å². The van der Waals surface area contributed by atoms with Gasteiger partial charge in [0.25, 0.3) is 0 Å². The number of urea groups is 1. The van der Waals surface area contributed by atoms with Gasteiger partial charge >= 0.3 is 12.0 Å². The molecule has 0 aromatic rings. The van der Waals surface area contributed by atoms with E-state index in [-0.39, 0.29) is 18.5 Å². The molecule has 1 heterocycles. The third-order valence-corrected chi connectivity index (χ3v) is 3.47. The van der Waals surface area contributed by atoms with Crippen molar-refractivity contribution in [3.63, 3.8) is 0 Å². The van der Waals surface area contributed by atoms with E-state index in [9.17, 15) is 9.59 Å². The highest BCUT2D eigenvalue weighted by Gasteiger charge is 2.21. The number of nitrogens with one attached hydrogen (secondary N) is 1. The largest absolute Gasteiger partial charge is 0.481 e. The van der Waals surface area contributed by atoms with Gasteiger partial charge in [-0.25, -0.2) is 4.79 Å². The fourth-order valence-corrected chi connectivity index (χ4v) is 2.15. The lowest BCUT2D eigenvalue weighted by molar-refractivity contribution is -0.137. The van der Waals surface area contributed by atoms with Crippen molar-refractivity contribution in [2.45, 2.75) is 52.0 Å². The summed E-state index contributed by atoms with van der Waals surface area (Å²) in [4.78, 5) is 24.2. The summed E-state index contributed by atoms with van der Waals surface area (Å²) in [5.74, 6) is -0.0689. The summed E-state index contributed by atoms with van der Waals surface area (Å²) < 4.78 is 0. The van der Waals surface area contributed by atoms with Crippen LogP contribution in [0.1, 0.15) is 46.0 Å². The van der Waals surface area contributed by atoms with Gasteiger partial charge in [-0.3, -0.25) is 4.79 Å². The lowest BCUT2D eigenvalue weighted by atomic mass is 10.00. The number of aliphatic carboxylic acids is 1. The van der Waals surface area contributed by atoms with Crippen molar-refractivity contribution in [3.8, 4) is 0 Å². The SMILES string of the molecule is CC1CCN(C(=O)NC(C)CCCC(=O)O)CC1. The highest BCUT2D eigenvalue weighted by atomic mass is 16.4. The maximum atomic E-state index is 11.9. The van der Waals surface area contributed by atoms with E-state index in [1.54, 1.807) is 0 Å². The molecule has 5 nitrogen and oxygen atoms in total. The highest BCUT2D eigenvalue weighted by molar-refractivity contribution is 5.74. The van der Waals surface area contributed by atoms with E-state index in [2.05, 4.69) is 12.2 Å². The van der Waals surface area contributed by atoms with Crippen molar-refractivity contribution >= 4 is 12.0 Å². The van der Waals surface area contributed by atoms with Crippen LogP contribution in [-0.2, 0) is 4.79 Å². The van der Waals surface area contributed by atoms with E-state index in [4.69, 9.17) is 5.11 Å². The Hall–Kier alpha value is -1.26. The summed E-state index contributed by atoms with van der Waals surface area (Å²) in [6, 6.07) is 0.0286. The first-order chi connectivity index (χ1) is 8.49. The molecule has 5 heteroatoms. The normalized spacial score (nSPS) is 18.4. The van der Waals surface area contributed by atoms with Crippen LogP contribution in [0.3, 0.4) is 0 Å². The average molecular weight is 256 g/mol. The maximum absolute atomic E-state index is 11.9. The predicted molar refractivity (Wildman–Crippen MR) is 69.5 cm³/mol. The van der Waals surface area contributed by atoms with Crippen molar-refractivity contribution in [2.24, 2.45) is 5.92 Å². The van der Waals surface area contributed by atoms with Gasteiger partial charge in [0.05, 0.1) is 0 Å². The Morgan fingerprint density at radius 3 is 2.56 bits per heavy atom. The molecule has 104 valence electrons. The minimum absolute atomic E-state index is 0.00951. The first-order valence-electron chi connectivity index (χ1n) is 6.76. The van der Waals surface area contributed by atoms with Crippen LogP contribution in [0.25, 0.3) is 0 Å². The molecule has 1 aliphatic heterocycles. The Labute approximate surface area is 109 Å². The highest BCUT2D eigenvalue weighted by Crippen LogP contribution is 2.16. The number of nitrogens with zero attached hydrogens (tertiary/aromatic N) is 1. The van der Waals surface area contributed by atoms with Crippen LogP contribution in [0.2, 0.25) is 0 Å². The molecule has 1 rings (SSSR count). The molecule has 2 N–H and O–H groups in total. The molecule has 2 amide bonds. The first kappa shape index (κ1) is 14.8. The number of carbonyl (C=O) groups is 2. The van der Waals surface area contributed by atoms with Crippen LogP contribution in [-0.4, -0.2) is 41.1 Å². The second kappa shape index (κ2) is 7.24. The number of hydrogen-bond donors (Lipinski definition) is 2. The van der Waals surface area contributed by atoms with E-state index >= 15 is 0 Å². The van der Waals surface area contributed by atoms with Gasteiger partial charge in [0.1, 0.15) is 0 Å². The van der Waals surface area contributed by atoms with Crippen LogP contribution >= 0.6 is 0 Å². The number of carboxylic acids is 1. The van der Waals surface area contributed by atoms with Crippen LogP contribution in [0.5, 0.6) is 0 Å². The number of hydrogen-bond acceptors (Lipinski definition) is 2. The van der Waals surface area contributed by atoms with Gasteiger partial charge < -0.3 is 15.3 Å². The zero-order valence-electron chi connectivity index (χ0n) is 11.3. The van der Waals surface area contributed by atoms with Crippen LogP contribution in [0.15, 0.2) is 0 Å². The minimum Gasteiger partial charge on any atom is -0.481 e. The summed E-state index contributed by atoms with van der Waals surface area (Å²) >= 11 is 0.